The smallest absolute Gasteiger partial charge is 0.269 e. The van der Waals surface area contributed by atoms with E-state index in [1.165, 1.54) is 5.01 Å². The predicted molar refractivity (Wildman–Crippen MR) is 67.9 cm³/mol. The zero-order valence-corrected chi connectivity index (χ0v) is 11.2. The lowest BCUT2D eigenvalue weighted by Gasteiger charge is -2.33. The second kappa shape index (κ2) is 5.38. The summed E-state index contributed by atoms with van der Waals surface area (Å²) >= 11 is 5.59. The summed E-state index contributed by atoms with van der Waals surface area (Å²) in [6.07, 6.45) is 0. The van der Waals surface area contributed by atoms with Crippen LogP contribution in [0, 0.1) is 0 Å². The van der Waals surface area contributed by atoms with Crippen LogP contribution in [0.1, 0.15) is 31.1 Å². The molecule has 1 N–H and O–H groups in total. The van der Waals surface area contributed by atoms with E-state index >= 15 is 0 Å². The third kappa shape index (κ3) is 3.35. The number of halogens is 1. The standard InChI is InChI=1S/C12H17ClN2O2/c1-12(2,3)15(14-13)11(16)9-5-7-10(17-4)8-6-9/h5-8,14H,1-4H3. The first-order valence-electron chi connectivity index (χ1n) is 5.25. The molecule has 1 rings (SSSR count). The number of rotatable bonds is 3. The van der Waals surface area contributed by atoms with Gasteiger partial charge in [0.25, 0.3) is 5.91 Å². The average Bonchev–Trinajstić information content (AvgIpc) is 2.28. The van der Waals surface area contributed by atoms with Crippen LogP contribution in [0.2, 0.25) is 0 Å². The molecule has 0 spiro atoms. The molecule has 1 aromatic carbocycles. The number of hydrogen-bond acceptors (Lipinski definition) is 3. The summed E-state index contributed by atoms with van der Waals surface area (Å²) in [4.78, 5) is 14.6. The summed E-state index contributed by atoms with van der Waals surface area (Å²) in [5.74, 6) is 0.526. The molecule has 0 saturated carbocycles. The molecule has 0 radical (unpaired) electrons. The van der Waals surface area contributed by atoms with Crippen molar-refractivity contribution in [1.82, 2.24) is 9.95 Å². The fourth-order valence-corrected chi connectivity index (χ4v) is 1.66. The highest BCUT2D eigenvalue weighted by Crippen LogP contribution is 2.17. The first-order valence-corrected chi connectivity index (χ1v) is 5.63. The van der Waals surface area contributed by atoms with Crippen LogP contribution in [0.15, 0.2) is 24.3 Å². The number of hydrogen-bond donors (Lipinski definition) is 1. The molecule has 5 heteroatoms. The van der Waals surface area contributed by atoms with E-state index in [4.69, 9.17) is 16.5 Å². The number of carbonyl (C=O) groups is 1. The largest absolute Gasteiger partial charge is 0.497 e. The Balaban J connectivity index is 2.94. The van der Waals surface area contributed by atoms with Gasteiger partial charge in [0.15, 0.2) is 0 Å². The van der Waals surface area contributed by atoms with E-state index in [1.807, 2.05) is 20.8 Å². The highest BCUT2D eigenvalue weighted by molar-refractivity contribution is 6.14. The maximum Gasteiger partial charge on any atom is 0.269 e. The van der Waals surface area contributed by atoms with E-state index in [0.29, 0.717) is 11.3 Å². The van der Waals surface area contributed by atoms with E-state index in [0.717, 1.165) is 0 Å². The van der Waals surface area contributed by atoms with E-state index in [2.05, 4.69) is 4.94 Å². The summed E-state index contributed by atoms with van der Waals surface area (Å²) in [6, 6.07) is 6.88. The van der Waals surface area contributed by atoms with Crippen LogP contribution >= 0.6 is 11.8 Å². The van der Waals surface area contributed by atoms with Crippen molar-refractivity contribution in [2.45, 2.75) is 26.3 Å². The van der Waals surface area contributed by atoms with E-state index < -0.39 is 5.54 Å². The van der Waals surface area contributed by atoms with E-state index in [1.54, 1.807) is 31.4 Å². The molecular weight excluding hydrogens is 240 g/mol. The van der Waals surface area contributed by atoms with Crippen molar-refractivity contribution < 1.29 is 9.53 Å². The van der Waals surface area contributed by atoms with Gasteiger partial charge in [-0.2, -0.15) is 0 Å². The minimum absolute atomic E-state index is 0.185. The Morgan fingerprint density at radius 1 is 1.29 bits per heavy atom. The Bertz CT molecular complexity index is 384. The van der Waals surface area contributed by atoms with Gasteiger partial charge in [-0.3, -0.25) is 9.80 Å². The number of carbonyl (C=O) groups excluding carboxylic acids is 1. The Morgan fingerprint density at radius 2 is 1.82 bits per heavy atom. The van der Waals surface area contributed by atoms with Crippen LogP contribution in [0.25, 0.3) is 0 Å². The normalized spacial score (nSPS) is 11.1. The molecule has 1 aromatic rings. The van der Waals surface area contributed by atoms with E-state index in [9.17, 15) is 4.79 Å². The monoisotopic (exact) mass is 256 g/mol. The van der Waals surface area contributed by atoms with Crippen molar-refractivity contribution in [2.24, 2.45) is 0 Å². The fraction of sp³-hybridized carbons (Fsp3) is 0.417. The minimum atomic E-state index is -0.404. The van der Waals surface area contributed by atoms with Gasteiger partial charge in [0, 0.05) is 5.56 Å². The lowest BCUT2D eigenvalue weighted by molar-refractivity contribution is 0.0516. The molecule has 17 heavy (non-hydrogen) atoms. The predicted octanol–water partition coefficient (Wildman–Crippen LogP) is 2.59. The molecule has 1 amide bonds. The van der Waals surface area contributed by atoms with Crippen molar-refractivity contribution in [1.29, 1.82) is 0 Å². The van der Waals surface area contributed by atoms with Crippen LogP contribution in [-0.4, -0.2) is 23.6 Å². The highest BCUT2D eigenvalue weighted by atomic mass is 35.5. The van der Waals surface area contributed by atoms with Crippen molar-refractivity contribution in [2.75, 3.05) is 7.11 Å². The van der Waals surface area contributed by atoms with Crippen molar-refractivity contribution >= 4 is 17.7 Å². The Morgan fingerprint density at radius 3 is 2.18 bits per heavy atom. The molecule has 0 bridgehead atoms. The molecule has 0 aromatic heterocycles. The van der Waals surface area contributed by atoms with E-state index in [-0.39, 0.29) is 5.91 Å². The highest BCUT2D eigenvalue weighted by Gasteiger charge is 2.27. The summed E-state index contributed by atoms with van der Waals surface area (Å²) in [7, 11) is 1.58. The van der Waals surface area contributed by atoms with Crippen molar-refractivity contribution in [3.05, 3.63) is 29.8 Å². The maximum atomic E-state index is 12.2. The van der Waals surface area contributed by atoms with Crippen LogP contribution in [0.4, 0.5) is 0 Å². The van der Waals surface area contributed by atoms with Crippen molar-refractivity contribution in [3.63, 3.8) is 0 Å². The second-order valence-electron chi connectivity index (χ2n) is 4.62. The van der Waals surface area contributed by atoms with Crippen LogP contribution in [0.3, 0.4) is 0 Å². The lowest BCUT2D eigenvalue weighted by Crippen LogP contribution is -2.50. The number of nitrogens with zero attached hydrogens (tertiary/aromatic N) is 1. The maximum absolute atomic E-state index is 12.2. The Hall–Kier alpha value is -1.26. The number of benzene rings is 1. The molecule has 0 aliphatic carbocycles. The zero-order chi connectivity index (χ0) is 13.1. The first kappa shape index (κ1) is 13.8. The molecule has 0 heterocycles. The van der Waals surface area contributed by atoms with Gasteiger partial charge >= 0.3 is 0 Å². The second-order valence-corrected chi connectivity index (χ2v) is 4.79. The van der Waals surface area contributed by atoms with Gasteiger partial charge in [-0.25, -0.2) is 0 Å². The fourth-order valence-electron chi connectivity index (χ4n) is 1.33. The molecular formula is C12H17ClN2O2. The molecule has 0 unspecified atom stereocenters. The average molecular weight is 257 g/mol. The Kier molecular flexibility index (Phi) is 4.37. The summed E-state index contributed by atoms with van der Waals surface area (Å²) in [6.45, 7) is 5.68. The summed E-state index contributed by atoms with van der Waals surface area (Å²) in [5.41, 5.74) is 0.146. The van der Waals surface area contributed by atoms with Gasteiger partial charge in [0.1, 0.15) is 5.75 Å². The summed E-state index contributed by atoms with van der Waals surface area (Å²) < 4.78 is 5.04. The molecule has 0 saturated heterocycles. The van der Waals surface area contributed by atoms with Gasteiger partial charge in [-0.1, -0.05) is 0 Å². The molecule has 0 atom stereocenters. The minimum Gasteiger partial charge on any atom is -0.497 e. The molecule has 0 fully saturated rings. The Labute approximate surface area is 107 Å². The van der Waals surface area contributed by atoms with Crippen LogP contribution in [-0.2, 0) is 0 Å². The van der Waals surface area contributed by atoms with Gasteiger partial charge in [0.05, 0.1) is 12.6 Å². The number of ether oxygens (including phenoxy) is 1. The molecule has 4 nitrogen and oxygen atoms in total. The first-order chi connectivity index (χ1) is 7.90. The SMILES string of the molecule is COc1ccc(C(=O)N(NCl)C(C)(C)C)cc1. The van der Waals surface area contributed by atoms with Crippen LogP contribution < -0.4 is 9.68 Å². The molecule has 0 aliphatic heterocycles. The van der Waals surface area contributed by atoms with Gasteiger partial charge in [-0.15, -0.1) is 4.94 Å². The number of amides is 1. The number of methoxy groups -OCH3 is 1. The van der Waals surface area contributed by atoms with Gasteiger partial charge in [0.2, 0.25) is 0 Å². The topological polar surface area (TPSA) is 41.6 Å². The number of hydrazine groups is 1. The van der Waals surface area contributed by atoms with Crippen molar-refractivity contribution in [3.8, 4) is 5.75 Å². The summed E-state index contributed by atoms with van der Waals surface area (Å²) in [5, 5.41) is 1.37. The third-order valence-electron chi connectivity index (χ3n) is 2.30. The zero-order valence-electron chi connectivity index (χ0n) is 10.5. The van der Waals surface area contributed by atoms with Gasteiger partial charge in [-0.05, 0) is 56.8 Å². The lowest BCUT2D eigenvalue weighted by atomic mass is 10.1. The molecule has 94 valence electrons. The van der Waals surface area contributed by atoms with Gasteiger partial charge < -0.3 is 4.74 Å². The quantitative estimate of drug-likeness (QED) is 0.668. The molecule has 0 aliphatic rings. The number of nitrogens with one attached hydrogen (secondary N) is 1. The third-order valence-corrected chi connectivity index (χ3v) is 2.46. The van der Waals surface area contributed by atoms with Crippen LogP contribution in [0.5, 0.6) is 5.75 Å².